The van der Waals surface area contributed by atoms with E-state index in [0.29, 0.717) is 0 Å². The van der Waals surface area contributed by atoms with E-state index in [4.69, 9.17) is 5.73 Å². The predicted octanol–water partition coefficient (Wildman–Crippen LogP) is 2.17. The van der Waals surface area contributed by atoms with E-state index < -0.39 is 0 Å². The van der Waals surface area contributed by atoms with Crippen molar-refractivity contribution < 1.29 is 0 Å². The molecule has 0 bridgehead atoms. The zero-order valence-electron chi connectivity index (χ0n) is 10.4. The van der Waals surface area contributed by atoms with Gasteiger partial charge in [-0.05, 0) is 20.8 Å². The van der Waals surface area contributed by atoms with E-state index in [0.717, 1.165) is 16.6 Å². The first-order chi connectivity index (χ1) is 8.00. The van der Waals surface area contributed by atoms with Crippen molar-refractivity contribution in [3.63, 3.8) is 0 Å². The molecule has 90 valence electrons. The normalized spacial score (nSPS) is 13.6. The van der Waals surface area contributed by atoms with Crippen molar-refractivity contribution in [1.82, 2.24) is 10.2 Å². The molecule has 2 aromatic rings. The van der Waals surface area contributed by atoms with E-state index in [1.807, 2.05) is 31.2 Å². The molecular weight excluding hydrogens is 212 g/mol. The van der Waals surface area contributed by atoms with Gasteiger partial charge in [0.05, 0.1) is 6.20 Å². The van der Waals surface area contributed by atoms with Crippen molar-refractivity contribution in [2.24, 2.45) is 5.73 Å². The quantitative estimate of drug-likeness (QED) is 0.848. The van der Waals surface area contributed by atoms with E-state index in [1.54, 1.807) is 6.20 Å². The second kappa shape index (κ2) is 4.30. The summed E-state index contributed by atoms with van der Waals surface area (Å²) in [4.78, 5) is 0. The van der Waals surface area contributed by atoms with Gasteiger partial charge in [-0.25, -0.2) is 0 Å². The molecular formula is C13H18N4. The number of nitrogens with one attached hydrogen (secondary N) is 1. The molecule has 1 unspecified atom stereocenters. The van der Waals surface area contributed by atoms with Crippen LogP contribution in [0.15, 0.2) is 30.5 Å². The van der Waals surface area contributed by atoms with Crippen LogP contribution < -0.4 is 11.1 Å². The van der Waals surface area contributed by atoms with Crippen LogP contribution in [0, 0.1) is 0 Å². The van der Waals surface area contributed by atoms with Crippen LogP contribution in [0.4, 0.5) is 5.82 Å². The van der Waals surface area contributed by atoms with Crippen molar-refractivity contribution in [2.75, 3.05) is 5.32 Å². The third kappa shape index (κ3) is 2.36. The van der Waals surface area contributed by atoms with Gasteiger partial charge in [-0.1, -0.05) is 24.3 Å². The average Bonchev–Trinajstić information content (AvgIpc) is 2.29. The summed E-state index contributed by atoms with van der Waals surface area (Å²) < 4.78 is 0. The topological polar surface area (TPSA) is 63.8 Å². The Balaban J connectivity index is 2.43. The van der Waals surface area contributed by atoms with Crippen LogP contribution in [0.3, 0.4) is 0 Å². The molecule has 0 fully saturated rings. The molecule has 0 amide bonds. The summed E-state index contributed by atoms with van der Waals surface area (Å²) in [5, 5.41) is 13.7. The van der Waals surface area contributed by atoms with Gasteiger partial charge in [0.2, 0.25) is 0 Å². The van der Waals surface area contributed by atoms with Crippen LogP contribution in [0.2, 0.25) is 0 Å². The number of nitrogens with zero attached hydrogens (tertiary/aromatic N) is 2. The predicted molar refractivity (Wildman–Crippen MR) is 70.9 cm³/mol. The second-order valence-corrected chi connectivity index (χ2v) is 4.92. The highest BCUT2D eigenvalue weighted by Crippen LogP contribution is 2.23. The molecule has 4 heteroatoms. The van der Waals surface area contributed by atoms with Crippen molar-refractivity contribution in [3.8, 4) is 0 Å². The Morgan fingerprint density at radius 2 is 2.00 bits per heavy atom. The summed E-state index contributed by atoms with van der Waals surface area (Å²) >= 11 is 0. The van der Waals surface area contributed by atoms with Gasteiger partial charge in [0.25, 0.3) is 0 Å². The molecule has 2 rings (SSSR count). The smallest absolute Gasteiger partial charge is 0.157 e. The first-order valence-corrected chi connectivity index (χ1v) is 5.75. The Hall–Kier alpha value is -1.68. The second-order valence-electron chi connectivity index (χ2n) is 4.92. The molecule has 1 atom stereocenters. The van der Waals surface area contributed by atoms with Gasteiger partial charge in [-0.2, -0.15) is 5.10 Å². The Bertz CT molecular complexity index is 514. The minimum Gasteiger partial charge on any atom is -0.362 e. The standard InChI is InChI=1S/C13H18N4/c1-9(14)13(2,3)16-12-11-7-5-4-6-10(11)8-15-17-12/h4-9H,14H2,1-3H3,(H,16,17). The van der Waals surface area contributed by atoms with Crippen molar-refractivity contribution >= 4 is 16.6 Å². The van der Waals surface area contributed by atoms with E-state index in [1.165, 1.54) is 0 Å². The van der Waals surface area contributed by atoms with Gasteiger partial charge in [-0.15, -0.1) is 5.10 Å². The fourth-order valence-corrected chi connectivity index (χ4v) is 1.54. The molecule has 1 aromatic heterocycles. The Morgan fingerprint density at radius 3 is 2.71 bits per heavy atom. The largest absolute Gasteiger partial charge is 0.362 e. The van der Waals surface area contributed by atoms with Gasteiger partial charge in [0, 0.05) is 22.4 Å². The van der Waals surface area contributed by atoms with Gasteiger partial charge in [-0.3, -0.25) is 0 Å². The summed E-state index contributed by atoms with van der Waals surface area (Å²) in [6, 6.07) is 8.05. The molecule has 17 heavy (non-hydrogen) atoms. The summed E-state index contributed by atoms with van der Waals surface area (Å²) in [6.07, 6.45) is 1.76. The van der Waals surface area contributed by atoms with Crippen LogP contribution in [0.1, 0.15) is 20.8 Å². The lowest BCUT2D eigenvalue weighted by atomic mass is 9.96. The summed E-state index contributed by atoms with van der Waals surface area (Å²) in [5.74, 6) is 0.783. The van der Waals surface area contributed by atoms with Gasteiger partial charge in [0.1, 0.15) is 0 Å². The SMILES string of the molecule is CC(N)C(C)(C)Nc1nncc2ccccc12. The Morgan fingerprint density at radius 1 is 1.29 bits per heavy atom. The van der Waals surface area contributed by atoms with E-state index in [-0.39, 0.29) is 11.6 Å². The maximum atomic E-state index is 5.95. The Kier molecular flexibility index (Phi) is 2.98. The molecule has 0 aliphatic carbocycles. The lowest BCUT2D eigenvalue weighted by Gasteiger charge is -2.31. The lowest BCUT2D eigenvalue weighted by Crippen LogP contribution is -2.47. The molecule has 0 aliphatic heterocycles. The monoisotopic (exact) mass is 230 g/mol. The molecule has 0 saturated heterocycles. The number of nitrogens with two attached hydrogens (primary N) is 1. The van der Waals surface area contributed by atoms with Gasteiger partial charge >= 0.3 is 0 Å². The number of aromatic nitrogens is 2. The van der Waals surface area contributed by atoms with Crippen molar-refractivity contribution in [3.05, 3.63) is 30.5 Å². The van der Waals surface area contributed by atoms with Crippen LogP contribution in [0.25, 0.3) is 10.8 Å². The van der Waals surface area contributed by atoms with E-state index in [9.17, 15) is 0 Å². The molecule has 3 N–H and O–H groups in total. The highest BCUT2D eigenvalue weighted by molar-refractivity contribution is 5.91. The number of fused-ring (bicyclic) bond motifs is 1. The zero-order valence-corrected chi connectivity index (χ0v) is 10.4. The van der Waals surface area contributed by atoms with E-state index in [2.05, 4.69) is 29.4 Å². The fourth-order valence-electron chi connectivity index (χ4n) is 1.54. The molecule has 0 saturated carbocycles. The molecule has 0 aliphatic rings. The Labute approximate surface area is 101 Å². The highest BCUT2D eigenvalue weighted by Gasteiger charge is 2.23. The molecule has 0 radical (unpaired) electrons. The molecule has 1 heterocycles. The maximum absolute atomic E-state index is 5.95. The van der Waals surface area contributed by atoms with Crippen LogP contribution in [-0.4, -0.2) is 21.8 Å². The first kappa shape index (κ1) is 11.8. The maximum Gasteiger partial charge on any atom is 0.157 e. The highest BCUT2D eigenvalue weighted by atomic mass is 15.2. The minimum absolute atomic E-state index is 0.0169. The van der Waals surface area contributed by atoms with Crippen molar-refractivity contribution in [1.29, 1.82) is 0 Å². The summed E-state index contributed by atoms with van der Waals surface area (Å²) in [7, 11) is 0. The van der Waals surface area contributed by atoms with Gasteiger partial charge < -0.3 is 11.1 Å². The van der Waals surface area contributed by atoms with Gasteiger partial charge in [0.15, 0.2) is 5.82 Å². The van der Waals surface area contributed by atoms with Crippen LogP contribution in [0.5, 0.6) is 0 Å². The summed E-state index contributed by atoms with van der Waals surface area (Å²) in [5.41, 5.74) is 5.73. The number of benzene rings is 1. The van der Waals surface area contributed by atoms with Crippen LogP contribution >= 0.6 is 0 Å². The summed E-state index contributed by atoms with van der Waals surface area (Å²) in [6.45, 7) is 6.09. The average molecular weight is 230 g/mol. The molecule has 0 spiro atoms. The fraction of sp³-hybridized carbons (Fsp3) is 0.385. The van der Waals surface area contributed by atoms with Crippen LogP contribution in [-0.2, 0) is 0 Å². The molecule has 1 aromatic carbocycles. The number of rotatable bonds is 3. The third-order valence-electron chi connectivity index (χ3n) is 3.15. The minimum atomic E-state index is -0.223. The van der Waals surface area contributed by atoms with Crippen molar-refractivity contribution in [2.45, 2.75) is 32.4 Å². The molecule has 4 nitrogen and oxygen atoms in total. The third-order valence-corrected chi connectivity index (χ3v) is 3.15. The lowest BCUT2D eigenvalue weighted by molar-refractivity contribution is 0.469. The number of hydrogen-bond acceptors (Lipinski definition) is 4. The number of hydrogen-bond donors (Lipinski definition) is 2. The zero-order chi connectivity index (χ0) is 12.5. The number of anilines is 1. The first-order valence-electron chi connectivity index (χ1n) is 5.75. The van der Waals surface area contributed by atoms with E-state index >= 15 is 0 Å².